The molecule has 0 aromatic carbocycles. The van der Waals surface area contributed by atoms with Crippen molar-refractivity contribution in [2.75, 3.05) is 0 Å². The first-order valence-electron chi connectivity index (χ1n) is 4.83. The van der Waals surface area contributed by atoms with Crippen LogP contribution in [-0.2, 0) is 9.53 Å². The van der Waals surface area contributed by atoms with Gasteiger partial charge in [-0.05, 0) is 19.3 Å². The summed E-state index contributed by atoms with van der Waals surface area (Å²) < 4.78 is 4.75. The van der Waals surface area contributed by atoms with Gasteiger partial charge < -0.3 is 15.6 Å². The molecule has 5 nitrogen and oxygen atoms in total. The number of carbonyl (C=O) groups is 2. The van der Waals surface area contributed by atoms with Gasteiger partial charge in [0.25, 0.3) is 0 Å². The maximum absolute atomic E-state index is 10.3. The van der Waals surface area contributed by atoms with Crippen molar-refractivity contribution in [2.45, 2.75) is 40.7 Å². The van der Waals surface area contributed by atoms with Crippen molar-refractivity contribution in [2.24, 2.45) is 11.1 Å². The Bertz CT molecular complexity index is 254. The summed E-state index contributed by atoms with van der Waals surface area (Å²) in [6, 6.07) is 0. The van der Waals surface area contributed by atoms with Crippen LogP contribution in [0.2, 0.25) is 0 Å². The van der Waals surface area contributed by atoms with Crippen molar-refractivity contribution in [1.29, 1.82) is 0 Å². The Balaban J connectivity index is 0. The summed E-state index contributed by atoms with van der Waals surface area (Å²) in [6.45, 7) is 12.4. The fraction of sp³-hybridized carbons (Fsp3) is 0.636. The van der Waals surface area contributed by atoms with E-state index in [1.165, 1.54) is 6.92 Å². The minimum absolute atomic E-state index is 0.0327. The van der Waals surface area contributed by atoms with Crippen LogP contribution in [0.15, 0.2) is 12.2 Å². The molecule has 16 heavy (non-hydrogen) atoms. The standard InChI is InChI=1S/C7H15NO2.C4H6O2/c1-5(7(2,3)4)10-6(8)9;1-3(2)4(5)6/h5H,1-4H3,(H2,8,9);1H2,2H3,(H,5,6). The third-order valence-electron chi connectivity index (χ3n) is 1.88. The predicted molar refractivity (Wildman–Crippen MR) is 62.0 cm³/mol. The van der Waals surface area contributed by atoms with E-state index in [2.05, 4.69) is 6.58 Å². The number of aliphatic carboxylic acids is 1. The summed E-state index contributed by atoms with van der Waals surface area (Å²) >= 11 is 0. The molecule has 0 radical (unpaired) electrons. The highest BCUT2D eigenvalue weighted by atomic mass is 16.6. The van der Waals surface area contributed by atoms with Crippen LogP contribution in [0.3, 0.4) is 0 Å². The van der Waals surface area contributed by atoms with Crippen LogP contribution in [0.4, 0.5) is 4.79 Å². The molecule has 0 heterocycles. The van der Waals surface area contributed by atoms with Gasteiger partial charge >= 0.3 is 12.1 Å². The summed E-state index contributed by atoms with van der Waals surface area (Å²) in [5.41, 5.74) is 4.97. The number of carbonyl (C=O) groups excluding carboxylic acids is 1. The van der Waals surface area contributed by atoms with E-state index in [-0.39, 0.29) is 17.1 Å². The molecule has 1 atom stereocenters. The van der Waals surface area contributed by atoms with Gasteiger partial charge in [0.1, 0.15) is 6.10 Å². The summed E-state index contributed by atoms with van der Waals surface area (Å²) in [5.74, 6) is -0.935. The van der Waals surface area contributed by atoms with E-state index < -0.39 is 12.1 Å². The van der Waals surface area contributed by atoms with Crippen LogP contribution in [0.1, 0.15) is 34.6 Å². The average Bonchev–Trinajstić information content (AvgIpc) is 2.01. The van der Waals surface area contributed by atoms with Gasteiger partial charge in [-0.3, -0.25) is 0 Å². The Morgan fingerprint density at radius 2 is 1.69 bits per heavy atom. The first-order chi connectivity index (χ1) is 6.98. The highest BCUT2D eigenvalue weighted by Crippen LogP contribution is 2.21. The average molecular weight is 231 g/mol. The van der Waals surface area contributed by atoms with E-state index in [4.69, 9.17) is 15.6 Å². The lowest BCUT2D eigenvalue weighted by Gasteiger charge is -2.25. The minimum Gasteiger partial charge on any atom is -0.478 e. The maximum atomic E-state index is 10.3. The van der Waals surface area contributed by atoms with Gasteiger partial charge in [0.05, 0.1) is 0 Å². The smallest absolute Gasteiger partial charge is 0.404 e. The second-order valence-electron chi connectivity index (χ2n) is 4.53. The number of carboxylic acids is 1. The number of hydrogen-bond acceptors (Lipinski definition) is 3. The fourth-order valence-corrected chi connectivity index (χ4v) is 0.351. The lowest BCUT2D eigenvalue weighted by Crippen LogP contribution is -2.30. The van der Waals surface area contributed by atoms with E-state index in [1.54, 1.807) is 0 Å². The van der Waals surface area contributed by atoms with Crippen molar-refractivity contribution in [3.05, 3.63) is 12.2 Å². The van der Waals surface area contributed by atoms with Gasteiger partial charge in [-0.2, -0.15) is 0 Å². The molecule has 0 aliphatic heterocycles. The normalized spacial score (nSPS) is 11.8. The lowest BCUT2D eigenvalue weighted by atomic mass is 9.90. The third kappa shape index (κ3) is 10.6. The number of hydrogen-bond donors (Lipinski definition) is 2. The molecular weight excluding hydrogens is 210 g/mol. The summed E-state index contributed by atoms with van der Waals surface area (Å²) in [7, 11) is 0. The van der Waals surface area contributed by atoms with Crippen LogP contribution in [0, 0.1) is 5.41 Å². The van der Waals surface area contributed by atoms with Gasteiger partial charge in [0, 0.05) is 5.57 Å². The van der Waals surface area contributed by atoms with Gasteiger partial charge in [0.2, 0.25) is 0 Å². The van der Waals surface area contributed by atoms with Crippen molar-refractivity contribution in [1.82, 2.24) is 0 Å². The van der Waals surface area contributed by atoms with E-state index in [0.717, 1.165) is 0 Å². The van der Waals surface area contributed by atoms with Gasteiger partial charge in [0.15, 0.2) is 0 Å². The SMILES string of the molecule is C=C(C)C(=O)O.CC(OC(N)=O)C(C)(C)C. The van der Waals surface area contributed by atoms with E-state index >= 15 is 0 Å². The Hall–Kier alpha value is -1.52. The topological polar surface area (TPSA) is 89.6 Å². The van der Waals surface area contributed by atoms with E-state index in [0.29, 0.717) is 0 Å². The molecule has 1 unspecified atom stereocenters. The Morgan fingerprint density at radius 3 is 1.75 bits per heavy atom. The molecule has 5 heteroatoms. The minimum atomic E-state index is -0.935. The van der Waals surface area contributed by atoms with Crippen LogP contribution in [0.5, 0.6) is 0 Å². The van der Waals surface area contributed by atoms with Crippen molar-refractivity contribution in [3.8, 4) is 0 Å². The van der Waals surface area contributed by atoms with Crippen molar-refractivity contribution >= 4 is 12.1 Å². The van der Waals surface area contributed by atoms with Gasteiger partial charge in [-0.15, -0.1) is 0 Å². The Morgan fingerprint density at radius 1 is 1.38 bits per heavy atom. The second kappa shape index (κ2) is 6.87. The molecule has 94 valence electrons. The molecule has 0 aromatic rings. The largest absolute Gasteiger partial charge is 0.478 e. The van der Waals surface area contributed by atoms with Crippen LogP contribution < -0.4 is 5.73 Å². The summed E-state index contributed by atoms with van der Waals surface area (Å²) in [4.78, 5) is 19.9. The molecular formula is C11H21NO4. The molecule has 1 amide bonds. The quantitative estimate of drug-likeness (QED) is 0.712. The molecule has 0 aliphatic carbocycles. The molecule has 0 aliphatic rings. The zero-order valence-electron chi connectivity index (χ0n) is 10.5. The number of primary amides is 1. The number of amides is 1. The molecule has 0 saturated carbocycles. The van der Waals surface area contributed by atoms with E-state index in [1.807, 2.05) is 27.7 Å². The molecule has 0 aromatic heterocycles. The highest BCUT2D eigenvalue weighted by molar-refractivity contribution is 5.84. The van der Waals surface area contributed by atoms with Crippen LogP contribution >= 0.6 is 0 Å². The maximum Gasteiger partial charge on any atom is 0.404 e. The van der Waals surface area contributed by atoms with Crippen LogP contribution in [0.25, 0.3) is 0 Å². The summed E-state index contributed by atoms with van der Waals surface area (Å²) in [5, 5.41) is 7.89. The number of nitrogens with two attached hydrogens (primary N) is 1. The monoisotopic (exact) mass is 231 g/mol. The number of ether oxygens (including phenoxy) is 1. The number of rotatable bonds is 2. The number of carboxylic acid groups (broad SMARTS) is 1. The second-order valence-corrected chi connectivity index (χ2v) is 4.53. The third-order valence-corrected chi connectivity index (χ3v) is 1.88. The zero-order valence-corrected chi connectivity index (χ0v) is 10.5. The Labute approximate surface area is 96.3 Å². The first-order valence-corrected chi connectivity index (χ1v) is 4.83. The molecule has 0 spiro atoms. The zero-order chi connectivity index (χ0) is 13.5. The highest BCUT2D eigenvalue weighted by Gasteiger charge is 2.22. The van der Waals surface area contributed by atoms with Crippen molar-refractivity contribution < 1.29 is 19.4 Å². The van der Waals surface area contributed by atoms with E-state index in [9.17, 15) is 9.59 Å². The molecule has 0 rings (SSSR count). The first kappa shape index (κ1) is 16.9. The van der Waals surface area contributed by atoms with Gasteiger partial charge in [-0.25, -0.2) is 9.59 Å². The van der Waals surface area contributed by atoms with Crippen LogP contribution in [-0.4, -0.2) is 23.3 Å². The molecule has 3 N–H and O–H groups in total. The fourth-order valence-electron chi connectivity index (χ4n) is 0.351. The predicted octanol–water partition coefficient (Wildman–Crippen LogP) is 2.16. The molecule has 0 fully saturated rings. The Kier molecular flexibility index (Phi) is 7.25. The lowest BCUT2D eigenvalue weighted by molar-refractivity contribution is -0.132. The van der Waals surface area contributed by atoms with Gasteiger partial charge in [-0.1, -0.05) is 27.4 Å². The molecule has 0 bridgehead atoms. The van der Waals surface area contributed by atoms with Crippen molar-refractivity contribution in [3.63, 3.8) is 0 Å². The molecule has 0 saturated heterocycles. The summed E-state index contributed by atoms with van der Waals surface area (Å²) in [6.07, 6.45) is -0.840.